The molecule has 1 heterocycles. The summed E-state index contributed by atoms with van der Waals surface area (Å²) in [6, 6.07) is 8.03. The minimum absolute atomic E-state index is 0.0387. The predicted octanol–water partition coefficient (Wildman–Crippen LogP) is 3.14. The Morgan fingerprint density at radius 3 is 2.46 bits per heavy atom. The van der Waals surface area contributed by atoms with Crippen molar-refractivity contribution in [2.45, 2.75) is 45.4 Å². The first kappa shape index (κ1) is 15.7. The molecule has 4 heteroatoms. The van der Waals surface area contributed by atoms with Gasteiger partial charge in [-0.1, -0.05) is 37.0 Å². The van der Waals surface area contributed by atoms with Crippen LogP contribution < -0.4 is 4.90 Å². The van der Waals surface area contributed by atoms with Gasteiger partial charge >= 0.3 is 0 Å². The number of amides is 2. The number of carbonyl (C=O) groups is 2. The maximum Gasteiger partial charge on any atom is 0.246 e. The molecule has 3 aliphatic rings. The number of benzene rings is 1. The second kappa shape index (κ2) is 5.91. The minimum atomic E-state index is 0.0387. The number of hydrogen-bond donors (Lipinski definition) is 0. The minimum Gasteiger partial charge on any atom is -0.331 e. The third-order valence-corrected chi connectivity index (χ3v) is 6.22. The predicted molar refractivity (Wildman–Crippen MR) is 93.7 cm³/mol. The van der Waals surface area contributed by atoms with Crippen LogP contribution in [0.1, 0.15) is 44.1 Å². The first-order valence-corrected chi connectivity index (χ1v) is 9.25. The Morgan fingerprint density at radius 2 is 1.79 bits per heavy atom. The van der Waals surface area contributed by atoms with Crippen molar-refractivity contribution in [2.75, 3.05) is 24.5 Å². The van der Waals surface area contributed by atoms with Crippen LogP contribution in [0.4, 0.5) is 5.69 Å². The maximum atomic E-state index is 12.8. The zero-order valence-electron chi connectivity index (χ0n) is 14.5. The molecule has 1 saturated heterocycles. The Morgan fingerprint density at radius 1 is 1.08 bits per heavy atom. The normalized spacial score (nSPS) is 25.9. The lowest BCUT2D eigenvalue weighted by Crippen LogP contribution is -2.53. The zero-order valence-corrected chi connectivity index (χ0v) is 14.5. The van der Waals surface area contributed by atoms with Gasteiger partial charge in [0.15, 0.2) is 0 Å². The van der Waals surface area contributed by atoms with Gasteiger partial charge in [0, 0.05) is 24.7 Å². The van der Waals surface area contributed by atoms with Crippen molar-refractivity contribution >= 4 is 17.5 Å². The van der Waals surface area contributed by atoms with Gasteiger partial charge in [-0.15, -0.1) is 0 Å². The van der Waals surface area contributed by atoms with E-state index in [1.54, 1.807) is 4.90 Å². The highest BCUT2D eigenvalue weighted by Gasteiger charge is 2.58. The van der Waals surface area contributed by atoms with E-state index in [4.69, 9.17) is 0 Å². The molecule has 0 bridgehead atoms. The van der Waals surface area contributed by atoms with E-state index >= 15 is 0 Å². The third kappa shape index (κ3) is 2.72. The molecule has 2 aliphatic carbocycles. The van der Waals surface area contributed by atoms with Crippen LogP contribution >= 0.6 is 0 Å². The lowest BCUT2D eigenvalue weighted by Gasteiger charge is -2.35. The molecule has 2 saturated carbocycles. The van der Waals surface area contributed by atoms with Gasteiger partial charge in [-0.3, -0.25) is 9.59 Å². The van der Waals surface area contributed by atoms with Crippen molar-refractivity contribution in [2.24, 2.45) is 11.3 Å². The highest BCUT2D eigenvalue weighted by Crippen LogP contribution is 2.61. The molecule has 1 aliphatic heterocycles. The molecule has 1 atom stereocenters. The molecule has 2 amide bonds. The summed E-state index contributed by atoms with van der Waals surface area (Å²) in [6.45, 7) is 3.54. The molecular weight excluding hydrogens is 300 g/mol. The number of nitrogens with zero attached hydrogens (tertiary/aromatic N) is 2. The zero-order chi connectivity index (χ0) is 16.7. The van der Waals surface area contributed by atoms with E-state index in [9.17, 15) is 9.59 Å². The van der Waals surface area contributed by atoms with Crippen molar-refractivity contribution in [3.63, 3.8) is 0 Å². The first-order chi connectivity index (χ1) is 11.6. The summed E-state index contributed by atoms with van der Waals surface area (Å²) >= 11 is 0. The van der Waals surface area contributed by atoms with Gasteiger partial charge in [-0.05, 0) is 43.7 Å². The van der Waals surface area contributed by atoms with Crippen molar-refractivity contribution in [1.29, 1.82) is 0 Å². The fourth-order valence-corrected chi connectivity index (χ4v) is 4.58. The SMILES string of the molecule is Cc1ccc(N2CCN(C(=O)[C@@H]3CC34CCCCC4)CC2=O)cc1. The quantitative estimate of drug-likeness (QED) is 0.838. The van der Waals surface area contributed by atoms with Crippen LogP contribution in [0, 0.1) is 18.3 Å². The number of rotatable bonds is 2. The molecule has 1 aromatic carbocycles. The lowest BCUT2D eigenvalue weighted by atomic mass is 9.84. The van der Waals surface area contributed by atoms with E-state index in [1.807, 2.05) is 36.1 Å². The molecular formula is C20H26N2O2. The van der Waals surface area contributed by atoms with Crippen LogP contribution in [0.2, 0.25) is 0 Å². The van der Waals surface area contributed by atoms with Crippen LogP contribution in [-0.2, 0) is 9.59 Å². The molecule has 24 heavy (non-hydrogen) atoms. The van der Waals surface area contributed by atoms with Crippen LogP contribution in [0.15, 0.2) is 24.3 Å². The summed E-state index contributed by atoms with van der Waals surface area (Å²) in [5, 5.41) is 0. The van der Waals surface area contributed by atoms with Crippen LogP contribution in [0.5, 0.6) is 0 Å². The molecule has 3 fully saturated rings. The molecule has 0 unspecified atom stereocenters. The van der Waals surface area contributed by atoms with Gasteiger partial charge < -0.3 is 9.80 Å². The van der Waals surface area contributed by atoms with E-state index in [0.29, 0.717) is 18.5 Å². The van der Waals surface area contributed by atoms with Gasteiger partial charge in [-0.25, -0.2) is 0 Å². The number of hydrogen-bond acceptors (Lipinski definition) is 2. The largest absolute Gasteiger partial charge is 0.331 e. The summed E-state index contributed by atoms with van der Waals surface area (Å²) < 4.78 is 0. The average Bonchev–Trinajstić information content (AvgIpc) is 3.28. The van der Waals surface area contributed by atoms with Gasteiger partial charge in [-0.2, -0.15) is 0 Å². The first-order valence-electron chi connectivity index (χ1n) is 9.25. The second-order valence-corrected chi connectivity index (χ2v) is 7.82. The summed E-state index contributed by atoms with van der Waals surface area (Å²) in [6.07, 6.45) is 7.32. The standard InChI is InChI=1S/C20H26N2O2/c1-15-5-7-16(8-6-15)22-12-11-21(14-18(22)23)19(24)17-13-20(17)9-3-2-4-10-20/h5-8,17H,2-4,9-14H2,1H3/t17-/m0/s1. The van der Waals surface area contributed by atoms with Crippen molar-refractivity contribution in [3.8, 4) is 0 Å². The molecule has 1 aromatic rings. The molecule has 4 rings (SSSR count). The van der Waals surface area contributed by atoms with E-state index in [-0.39, 0.29) is 24.3 Å². The summed E-state index contributed by atoms with van der Waals surface area (Å²) in [4.78, 5) is 29.0. The fourth-order valence-electron chi connectivity index (χ4n) is 4.58. The van der Waals surface area contributed by atoms with E-state index in [1.165, 1.54) is 37.7 Å². The summed E-state index contributed by atoms with van der Waals surface area (Å²) in [7, 11) is 0. The van der Waals surface area contributed by atoms with Crippen LogP contribution in [-0.4, -0.2) is 36.3 Å². The molecule has 0 aromatic heterocycles. The second-order valence-electron chi connectivity index (χ2n) is 7.82. The Hall–Kier alpha value is -1.84. The van der Waals surface area contributed by atoms with Crippen LogP contribution in [0.25, 0.3) is 0 Å². The topological polar surface area (TPSA) is 40.6 Å². The van der Waals surface area contributed by atoms with E-state index in [0.717, 1.165) is 12.1 Å². The van der Waals surface area contributed by atoms with E-state index < -0.39 is 0 Å². The highest BCUT2D eigenvalue weighted by molar-refractivity contribution is 5.98. The monoisotopic (exact) mass is 326 g/mol. The number of aryl methyl sites for hydroxylation is 1. The number of anilines is 1. The highest BCUT2D eigenvalue weighted by atomic mass is 16.2. The third-order valence-electron chi connectivity index (χ3n) is 6.22. The number of piperazine rings is 1. The fraction of sp³-hybridized carbons (Fsp3) is 0.600. The van der Waals surface area contributed by atoms with Gasteiger partial charge in [0.2, 0.25) is 11.8 Å². The Labute approximate surface area is 143 Å². The summed E-state index contributed by atoms with van der Waals surface area (Å²) in [5.74, 6) is 0.460. The molecule has 0 N–H and O–H groups in total. The van der Waals surface area contributed by atoms with Crippen molar-refractivity contribution in [1.82, 2.24) is 4.90 Å². The molecule has 1 spiro atoms. The average molecular weight is 326 g/mol. The van der Waals surface area contributed by atoms with Gasteiger partial charge in [0.25, 0.3) is 0 Å². The lowest BCUT2D eigenvalue weighted by molar-refractivity contribution is -0.138. The molecule has 128 valence electrons. The Bertz CT molecular complexity index is 646. The number of carbonyl (C=O) groups excluding carboxylic acids is 2. The van der Waals surface area contributed by atoms with E-state index in [2.05, 4.69) is 0 Å². The molecule has 0 radical (unpaired) electrons. The Balaban J connectivity index is 1.39. The van der Waals surface area contributed by atoms with Crippen molar-refractivity contribution in [3.05, 3.63) is 29.8 Å². The van der Waals surface area contributed by atoms with Crippen molar-refractivity contribution < 1.29 is 9.59 Å². The van der Waals surface area contributed by atoms with Gasteiger partial charge in [0.1, 0.15) is 6.54 Å². The summed E-state index contributed by atoms with van der Waals surface area (Å²) in [5.41, 5.74) is 2.42. The van der Waals surface area contributed by atoms with Gasteiger partial charge in [0.05, 0.1) is 0 Å². The Kier molecular flexibility index (Phi) is 3.86. The smallest absolute Gasteiger partial charge is 0.246 e. The molecule has 4 nitrogen and oxygen atoms in total. The van der Waals surface area contributed by atoms with Crippen LogP contribution in [0.3, 0.4) is 0 Å². The maximum absolute atomic E-state index is 12.8.